The van der Waals surface area contributed by atoms with Crippen molar-refractivity contribution in [2.45, 2.75) is 56.6 Å². The minimum Gasteiger partial charge on any atom is -0.491 e. The van der Waals surface area contributed by atoms with Gasteiger partial charge >= 0.3 is 12.1 Å². The number of carboxylic acid groups (broad SMARTS) is 1. The summed E-state index contributed by atoms with van der Waals surface area (Å²) in [5.74, 6) is -1.55. The van der Waals surface area contributed by atoms with Crippen LogP contribution in [0, 0.1) is 11.8 Å². The third-order valence-corrected chi connectivity index (χ3v) is 5.39. The molecule has 1 unspecified atom stereocenters. The summed E-state index contributed by atoms with van der Waals surface area (Å²) in [7, 11) is 0. The molecule has 178 valence electrons. The average Bonchev–Trinajstić information content (AvgIpc) is 2.99. The molecule has 1 aromatic carbocycles. The van der Waals surface area contributed by atoms with Gasteiger partial charge in [-0.15, -0.1) is 0 Å². The van der Waals surface area contributed by atoms with Crippen LogP contribution in [0.25, 0.3) is 0 Å². The number of benzene rings is 1. The molecule has 0 spiro atoms. The lowest BCUT2D eigenvalue weighted by Crippen LogP contribution is -2.21. The van der Waals surface area contributed by atoms with Crippen molar-refractivity contribution >= 4 is 5.97 Å². The molecule has 1 fully saturated rings. The highest BCUT2D eigenvalue weighted by Gasteiger charge is 2.39. The zero-order chi connectivity index (χ0) is 23.7. The van der Waals surface area contributed by atoms with Crippen molar-refractivity contribution in [1.82, 2.24) is 0 Å². The molecule has 5 atom stereocenters. The zero-order valence-corrected chi connectivity index (χ0v) is 17.5. The summed E-state index contributed by atoms with van der Waals surface area (Å²) in [4.78, 5) is 10.5. The maximum Gasteiger partial charge on any atom is 0.416 e. The topological polar surface area (TPSA) is 107 Å². The van der Waals surface area contributed by atoms with E-state index in [1.54, 1.807) is 6.08 Å². The van der Waals surface area contributed by atoms with Gasteiger partial charge in [-0.2, -0.15) is 13.2 Å². The number of carbonyl (C=O) groups is 1. The second kappa shape index (κ2) is 12.0. The first-order valence-electron chi connectivity index (χ1n) is 10.5. The summed E-state index contributed by atoms with van der Waals surface area (Å²) in [5.41, 5.74) is -0.845. The van der Waals surface area contributed by atoms with Crippen LogP contribution < -0.4 is 4.74 Å². The second-order valence-electron chi connectivity index (χ2n) is 7.89. The Bertz CT molecular complexity index is 792. The van der Waals surface area contributed by atoms with E-state index in [4.69, 9.17) is 9.84 Å². The number of unbranched alkanes of at least 4 members (excludes halogenated alkanes) is 1. The third-order valence-electron chi connectivity index (χ3n) is 5.39. The summed E-state index contributed by atoms with van der Waals surface area (Å²) in [5, 5.41) is 39.2. The van der Waals surface area contributed by atoms with E-state index < -0.39 is 41.9 Å². The lowest BCUT2D eigenvalue weighted by molar-refractivity contribution is -0.138. The van der Waals surface area contributed by atoms with E-state index in [2.05, 4.69) is 0 Å². The van der Waals surface area contributed by atoms with Crippen molar-refractivity contribution in [3.63, 3.8) is 0 Å². The SMILES string of the molecule is O=C(O)CCCC=CC[C@@H]1[C@@H](C=CC(O)COc2cccc(C(F)(F)F)c2)[C@H](O)C[C@@H]1O. The summed E-state index contributed by atoms with van der Waals surface area (Å²) < 4.78 is 43.5. The molecule has 0 radical (unpaired) electrons. The summed E-state index contributed by atoms with van der Waals surface area (Å²) in [6, 6.07) is 4.36. The molecule has 0 aliphatic heterocycles. The molecule has 1 saturated carbocycles. The molecular formula is C23H29F3O6. The van der Waals surface area contributed by atoms with Crippen LogP contribution in [0.5, 0.6) is 5.75 Å². The van der Waals surface area contributed by atoms with E-state index in [1.807, 2.05) is 12.2 Å². The van der Waals surface area contributed by atoms with Gasteiger partial charge in [-0.1, -0.05) is 30.4 Å². The smallest absolute Gasteiger partial charge is 0.416 e. The molecule has 1 aromatic rings. The van der Waals surface area contributed by atoms with Gasteiger partial charge in [-0.25, -0.2) is 0 Å². The highest BCUT2D eigenvalue weighted by Crippen LogP contribution is 2.36. The molecule has 0 bridgehead atoms. The number of allylic oxidation sites excluding steroid dienone is 2. The van der Waals surface area contributed by atoms with Crippen molar-refractivity contribution in [1.29, 1.82) is 0 Å². The average molecular weight is 458 g/mol. The van der Waals surface area contributed by atoms with Crippen LogP contribution in [0.15, 0.2) is 48.6 Å². The van der Waals surface area contributed by atoms with Crippen molar-refractivity contribution in [3.8, 4) is 5.75 Å². The number of halogens is 3. The lowest BCUT2D eigenvalue weighted by atomic mass is 9.89. The number of hydrogen-bond donors (Lipinski definition) is 4. The fourth-order valence-electron chi connectivity index (χ4n) is 3.70. The number of aliphatic hydroxyl groups excluding tert-OH is 3. The molecule has 9 heteroatoms. The van der Waals surface area contributed by atoms with Crippen LogP contribution in [0.4, 0.5) is 13.2 Å². The Morgan fingerprint density at radius 3 is 2.66 bits per heavy atom. The summed E-state index contributed by atoms with van der Waals surface area (Å²) in [6.07, 6.45) is 1.48. The highest BCUT2D eigenvalue weighted by atomic mass is 19.4. The highest BCUT2D eigenvalue weighted by molar-refractivity contribution is 5.66. The van der Waals surface area contributed by atoms with Crippen LogP contribution in [-0.4, -0.2) is 51.3 Å². The van der Waals surface area contributed by atoms with E-state index in [0.29, 0.717) is 19.3 Å². The Balaban J connectivity index is 1.87. The minimum atomic E-state index is -4.49. The molecule has 32 heavy (non-hydrogen) atoms. The van der Waals surface area contributed by atoms with E-state index in [9.17, 15) is 33.3 Å². The number of ether oxygens (including phenoxy) is 1. The molecule has 1 aliphatic carbocycles. The monoisotopic (exact) mass is 458 g/mol. The first-order chi connectivity index (χ1) is 15.1. The number of alkyl halides is 3. The number of rotatable bonds is 11. The summed E-state index contributed by atoms with van der Waals surface area (Å²) in [6.45, 7) is -0.267. The predicted molar refractivity (Wildman–Crippen MR) is 111 cm³/mol. The van der Waals surface area contributed by atoms with E-state index in [1.165, 1.54) is 18.2 Å². The van der Waals surface area contributed by atoms with Crippen LogP contribution >= 0.6 is 0 Å². The van der Waals surface area contributed by atoms with Gasteiger partial charge in [0.15, 0.2) is 0 Å². The standard InChI is InChI=1S/C23H29F3O6/c24-23(25,26)15-6-5-7-17(12-15)32-14-16(27)10-11-19-18(20(28)13-21(19)29)8-3-1-2-4-9-22(30)31/h1,3,5-7,10-12,16,18-21,27-29H,2,4,8-9,13-14H2,(H,30,31)/t16?,18-,19-,20+,21-/m1/s1. The maximum absolute atomic E-state index is 12.8. The van der Waals surface area contributed by atoms with Gasteiger partial charge < -0.3 is 25.2 Å². The molecule has 0 heterocycles. The van der Waals surface area contributed by atoms with Gasteiger partial charge in [0.1, 0.15) is 18.5 Å². The van der Waals surface area contributed by atoms with Gasteiger partial charge in [-0.05, 0) is 43.4 Å². The van der Waals surface area contributed by atoms with E-state index in [-0.39, 0.29) is 31.1 Å². The van der Waals surface area contributed by atoms with Crippen molar-refractivity contribution in [2.24, 2.45) is 11.8 Å². The van der Waals surface area contributed by atoms with E-state index in [0.717, 1.165) is 12.1 Å². The van der Waals surface area contributed by atoms with Crippen molar-refractivity contribution in [3.05, 3.63) is 54.1 Å². The quantitative estimate of drug-likeness (QED) is 0.298. The van der Waals surface area contributed by atoms with Crippen LogP contribution in [0.3, 0.4) is 0 Å². The Morgan fingerprint density at radius 1 is 1.22 bits per heavy atom. The lowest BCUT2D eigenvalue weighted by Gasteiger charge is -2.19. The first-order valence-corrected chi connectivity index (χ1v) is 10.5. The van der Waals surface area contributed by atoms with Crippen LogP contribution in [0.2, 0.25) is 0 Å². The zero-order valence-electron chi connectivity index (χ0n) is 17.5. The summed E-state index contributed by atoms with van der Waals surface area (Å²) >= 11 is 0. The minimum absolute atomic E-state index is 0.0190. The van der Waals surface area contributed by atoms with Gasteiger partial charge in [0.2, 0.25) is 0 Å². The largest absolute Gasteiger partial charge is 0.491 e. The molecule has 6 nitrogen and oxygen atoms in total. The van der Waals surface area contributed by atoms with Crippen molar-refractivity contribution < 1.29 is 43.1 Å². The number of aliphatic carboxylic acids is 1. The molecule has 0 saturated heterocycles. The van der Waals surface area contributed by atoms with Gasteiger partial charge in [0.25, 0.3) is 0 Å². The fraction of sp³-hybridized carbons (Fsp3) is 0.522. The van der Waals surface area contributed by atoms with Crippen LogP contribution in [0.1, 0.15) is 37.7 Å². The van der Waals surface area contributed by atoms with Gasteiger partial charge in [0, 0.05) is 18.8 Å². The predicted octanol–water partition coefficient (Wildman–Crippen LogP) is 3.56. The number of carboxylic acids is 1. The second-order valence-corrected chi connectivity index (χ2v) is 7.89. The Kier molecular flexibility index (Phi) is 9.74. The number of hydrogen-bond acceptors (Lipinski definition) is 5. The maximum atomic E-state index is 12.8. The molecule has 4 N–H and O–H groups in total. The van der Waals surface area contributed by atoms with Gasteiger partial charge in [0.05, 0.1) is 17.8 Å². The first kappa shape index (κ1) is 25.9. The number of aliphatic hydroxyl groups is 3. The Morgan fingerprint density at radius 2 is 1.97 bits per heavy atom. The van der Waals surface area contributed by atoms with Crippen LogP contribution in [-0.2, 0) is 11.0 Å². The molecular weight excluding hydrogens is 429 g/mol. The Labute approximate surface area is 184 Å². The normalized spacial score (nSPS) is 24.9. The third kappa shape index (κ3) is 8.29. The van der Waals surface area contributed by atoms with E-state index >= 15 is 0 Å². The van der Waals surface area contributed by atoms with Gasteiger partial charge in [-0.3, -0.25) is 4.79 Å². The van der Waals surface area contributed by atoms with Crippen molar-refractivity contribution in [2.75, 3.05) is 6.61 Å². The molecule has 0 amide bonds. The molecule has 0 aromatic heterocycles. The fourth-order valence-corrected chi connectivity index (χ4v) is 3.70. The Hall–Kier alpha value is -2.36. The molecule has 2 rings (SSSR count). The molecule has 1 aliphatic rings.